The number of aromatic nitrogens is 2. The minimum Gasteiger partial charge on any atom is -0.478 e. The quantitative estimate of drug-likeness (QED) is 0.927. The number of carbonyl (C=O) groups is 1. The van der Waals surface area contributed by atoms with E-state index >= 15 is 0 Å². The maximum Gasteiger partial charge on any atom is 0.339 e. The summed E-state index contributed by atoms with van der Waals surface area (Å²) in [5, 5.41) is 13.5. The molecule has 0 amide bonds. The maximum atomic E-state index is 11.3. The van der Waals surface area contributed by atoms with Crippen LogP contribution in [0.4, 0.5) is 0 Å². The lowest BCUT2D eigenvalue weighted by atomic mass is 10.1. The van der Waals surface area contributed by atoms with Crippen LogP contribution in [0.2, 0.25) is 0 Å². The second-order valence-corrected chi connectivity index (χ2v) is 5.23. The van der Waals surface area contributed by atoms with E-state index in [0.717, 1.165) is 22.4 Å². The number of aryl methyl sites for hydroxylation is 2. The third-order valence-corrected chi connectivity index (χ3v) is 2.91. The summed E-state index contributed by atoms with van der Waals surface area (Å²) in [5.41, 5.74) is 4.96. The van der Waals surface area contributed by atoms with Crippen molar-refractivity contribution >= 4 is 12.0 Å². The number of aromatic carboxylic acids is 1. The molecule has 0 aliphatic heterocycles. The molecule has 0 fully saturated rings. The normalized spacial score (nSPS) is 10.4. The smallest absolute Gasteiger partial charge is 0.339 e. The van der Waals surface area contributed by atoms with E-state index in [1.54, 1.807) is 4.68 Å². The summed E-state index contributed by atoms with van der Waals surface area (Å²) in [4.78, 5) is 11.3. The van der Waals surface area contributed by atoms with Crippen molar-refractivity contribution in [1.82, 2.24) is 9.78 Å². The Morgan fingerprint density at radius 2 is 1.80 bits per heavy atom. The summed E-state index contributed by atoms with van der Waals surface area (Å²) in [6, 6.07) is 6.06. The van der Waals surface area contributed by atoms with Gasteiger partial charge in [-0.25, -0.2) is 9.48 Å². The summed E-state index contributed by atoms with van der Waals surface area (Å²) in [5.74, 6) is -0.965. The van der Waals surface area contributed by atoms with Crippen LogP contribution in [-0.2, 0) is 0 Å². The molecule has 0 aliphatic rings. The first-order chi connectivity index (χ1) is 9.38. The molecule has 0 unspecified atom stereocenters. The van der Waals surface area contributed by atoms with E-state index in [-0.39, 0.29) is 5.56 Å². The van der Waals surface area contributed by atoms with E-state index in [9.17, 15) is 9.90 Å². The van der Waals surface area contributed by atoms with E-state index in [2.05, 4.69) is 11.2 Å². The van der Waals surface area contributed by atoms with Gasteiger partial charge in [-0.3, -0.25) is 0 Å². The van der Waals surface area contributed by atoms with Crippen LogP contribution in [0.3, 0.4) is 0 Å². The fourth-order valence-corrected chi connectivity index (χ4v) is 2.21. The van der Waals surface area contributed by atoms with Crippen molar-refractivity contribution in [2.75, 3.05) is 0 Å². The molecular formula is C16H18N2O2. The highest BCUT2D eigenvalue weighted by Gasteiger charge is 2.16. The van der Waals surface area contributed by atoms with Crippen LogP contribution in [0, 0.1) is 13.8 Å². The van der Waals surface area contributed by atoms with Crippen LogP contribution in [0.15, 0.2) is 30.0 Å². The number of allylic oxidation sites excluding steroid dienone is 1. The first kappa shape index (κ1) is 14.1. The molecule has 1 heterocycles. The van der Waals surface area contributed by atoms with Crippen LogP contribution >= 0.6 is 0 Å². The Bertz CT molecular complexity index is 672. The van der Waals surface area contributed by atoms with Gasteiger partial charge in [0.25, 0.3) is 0 Å². The number of carboxylic acids is 1. The van der Waals surface area contributed by atoms with E-state index in [0.29, 0.717) is 5.69 Å². The van der Waals surface area contributed by atoms with Gasteiger partial charge in [-0.15, -0.1) is 0 Å². The second kappa shape index (κ2) is 5.33. The molecule has 0 aliphatic carbocycles. The van der Waals surface area contributed by atoms with E-state index in [1.165, 1.54) is 6.20 Å². The number of carboxylic acid groups (broad SMARTS) is 1. The van der Waals surface area contributed by atoms with Crippen LogP contribution in [0.1, 0.15) is 41.0 Å². The van der Waals surface area contributed by atoms with E-state index < -0.39 is 5.97 Å². The summed E-state index contributed by atoms with van der Waals surface area (Å²) in [7, 11) is 0. The zero-order valence-electron chi connectivity index (χ0n) is 12.1. The van der Waals surface area contributed by atoms with Crippen molar-refractivity contribution in [2.24, 2.45) is 0 Å². The molecule has 0 atom stereocenters. The second-order valence-electron chi connectivity index (χ2n) is 5.23. The van der Waals surface area contributed by atoms with Gasteiger partial charge in [0.2, 0.25) is 0 Å². The van der Waals surface area contributed by atoms with Gasteiger partial charge in [0.1, 0.15) is 5.56 Å². The highest BCUT2D eigenvalue weighted by atomic mass is 16.4. The predicted molar refractivity (Wildman–Crippen MR) is 79.3 cm³/mol. The predicted octanol–water partition coefficient (Wildman–Crippen LogP) is 3.61. The molecule has 4 heteroatoms. The summed E-state index contributed by atoms with van der Waals surface area (Å²) in [6.07, 6.45) is 3.24. The largest absolute Gasteiger partial charge is 0.478 e. The van der Waals surface area contributed by atoms with Crippen LogP contribution in [0.25, 0.3) is 11.8 Å². The van der Waals surface area contributed by atoms with E-state index in [4.69, 9.17) is 0 Å². The Hall–Kier alpha value is -2.36. The fraction of sp³-hybridized carbons (Fsp3) is 0.250. The maximum absolute atomic E-state index is 11.3. The van der Waals surface area contributed by atoms with Crippen molar-refractivity contribution in [3.63, 3.8) is 0 Å². The van der Waals surface area contributed by atoms with Gasteiger partial charge in [0, 0.05) is 0 Å². The van der Waals surface area contributed by atoms with Crippen LogP contribution in [0.5, 0.6) is 0 Å². The van der Waals surface area contributed by atoms with Crippen LogP contribution < -0.4 is 0 Å². The molecule has 2 aromatic rings. The lowest BCUT2D eigenvalue weighted by Crippen LogP contribution is -2.03. The minimum atomic E-state index is -0.965. The lowest BCUT2D eigenvalue weighted by Gasteiger charge is -2.08. The molecule has 1 N–H and O–H groups in total. The molecule has 104 valence electrons. The number of hydrogen-bond acceptors (Lipinski definition) is 2. The SMILES string of the molecule is CC(C)=Cc1c(C(=O)O)cnn1-c1cc(C)cc(C)c1. The van der Waals surface area contributed by atoms with Crippen molar-refractivity contribution < 1.29 is 9.90 Å². The lowest BCUT2D eigenvalue weighted by molar-refractivity contribution is 0.0696. The first-order valence-electron chi connectivity index (χ1n) is 6.43. The number of nitrogens with zero attached hydrogens (tertiary/aromatic N) is 2. The molecule has 4 nitrogen and oxygen atoms in total. The van der Waals surface area contributed by atoms with Gasteiger partial charge in [0.05, 0.1) is 17.6 Å². The zero-order chi connectivity index (χ0) is 14.9. The number of benzene rings is 1. The van der Waals surface area contributed by atoms with Gasteiger partial charge in [-0.1, -0.05) is 11.6 Å². The molecule has 0 spiro atoms. The molecule has 0 radical (unpaired) electrons. The Morgan fingerprint density at radius 1 is 1.20 bits per heavy atom. The standard InChI is InChI=1S/C16H18N2O2/c1-10(2)5-15-14(16(19)20)9-17-18(15)13-7-11(3)6-12(4)8-13/h5-9H,1-4H3,(H,19,20). The molecule has 0 saturated heterocycles. The first-order valence-corrected chi connectivity index (χ1v) is 6.43. The Balaban J connectivity index is 2.68. The number of rotatable bonds is 3. The van der Waals surface area contributed by atoms with Gasteiger partial charge in [-0.2, -0.15) is 5.10 Å². The minimum absolute atomic E-state index is 0.213. The molecule has 1 aromatic carbocycles. The average molecular weight is 270 g/mol. The summed E-state index contributed by atoms with van der Waals surface area (Å²) < 4.78 is 1.68. The molecule has 20 heavy (non-hydrogen) atoms. The van der Waals surface area contributed by atoms with Gasteiger partial charge < -0.3 is 5.11 Å². The Labute approximate surface area is 118 Å². The molecule has 2 rings (SSSR count). The average Bonchev–Trinajstić information content (AvgIpc) is 2.70. The molecule has 0 bridgehead atoms. The van der Waals surface area contributed by atoms with Crippen LogP contribution in [-0.4, -0.2) is 20.9 Å². The Morgan fingerprint density at radius 3 is 2.30 bits per heavy atom. The highest BCUT2D eigenvalue weighted by molar-refractivity contribution is 5.91. The van der Waals surface area contributed by atoms with Gasteiger partial charge >= 0.3 is 5.97 Å². The van der Waals surface area contributed by atoms with Crippen molar-refractivity contribution in [3.8, 4) is 5.69 Å². The van der Waals surface area contributed by atoms with Crippen molar-refractivity contribution in [2.45, 2.75) is 27.7 Å². The van der Waals surface area contributed by atoms with E-state index in [1.807, 2.05) is 45.9 Å². The van der Waals surface area contributed by atoms with Gasteiger partial charge in [0.15, 0.2) is 0 Å². The van der Waals surface area contributed by atoms with Crippen molar-refractivity contribution in [1.29, 1.82) is 0 Å². The molecule has 0 saturated carbocycles. The third kappa shape index (κ3) is 2.79. The molecule has 1 aromatic heterocycles. The fourth-order valence-electron chi connectivity index (χ4n) is 2.21. The van der Waals surface area contributed by atoms with Gasteiger partial charge in [-0.05, 0) is 57.0 Å². The Kier molecular flexibility index (Phi) is 3.74. The zero-order valence-corrected chi connectivity index (χ0v) is 12.1. The highest BCUT2D eigenvalue weighted by Crippen LogP contribution is 2.20. The number of hydrogen-bond donors (Lipinski definition) is 1. The molecular weight excluding hydrogens is 252 g/mol. The topological polar surface area (TPSA) is 55.1 Å². The third-order valence-electron chi connectivity index (χ3n) is 2.91. The van der Waals surface area contributed by atoms with Crippen molar-refractivity contribution in [3.05, 3.63) is 52.4 Å². The summed E-state index contributed by atoms with van der Waals surface area (Å²) in [6.45, 7) is 7.90. The summed E-state index contributed by atoms with van der Waals surface area (Å²) >= 11 is 0. The monoisotopic (exact) mass is 270 g/mol.